The first-order valence-corrected chi connectivity index (χ1v) is 8.04. The number of carbonyl (C=O) groups is 2. The summed E-state index contributed by atoms with van der Waals surface area (Å²) in [6.07, 6.45) is 0.343. The Labute approximate surface area is 145 Å². The fourth-order valence-electron chi connectivity index (χ4n) is 3.32. The molecule has 1 heterocycles. The number of rotatable bonds is 3. The first-order valence-electron chi connectivity index (χ1n) is 8.04. The maximum absolute atomic E-state index is 13.0. The van der Waals surface area contributed by atoms with Gasteiger partial charge in [0.2, 0.25) is 0 Å². The molecule has 0 bridgehead atoms. The minimum Gasteiger partial charge on any atom is -0.504 e. The van der Waals surface area contributed by atoms with Gasteiger partial charge in [-0.25, -0.2) is 0 Å². The number of hydrogen-bond donors (Lipinski definition) is 3. The molecule has 6 nitrogen and oxygen atoms in total. The number of aliphatic carboxylic acids is 1. The smallest absolute Gasteiger partial charge is 0.307 e. The second kappa shape index (κ2) is 6.47. The molecule has 6 heteroatoms. The summed E-state index contributed by atoms with van der Waals surface area (Å²) in [5, 5.41) is 28.5. The van der Waals surface area contributed by atoms with E-state index >= 15 is 0 Å². The van der Waals surface area contributed by atoms with Gasteiger partial charge in [-0.3, -0.25) is 9.59 Å². The van der Waals surface area contributed by atoms with Crippen LogP contribution in [0.1, 0.15) is 40.0 Å². The SMILES string of the molecule is CC1c2cc(O)c(O)cc2CCN1C(=O)c1ccccc1CC(=O)O. The Morgan fingerprint density at radius 1 is 1.16 bits per heavy atom. The largest absolute Gasteiger partial charge is 0.504 e. The molecule has 0 fully saturated rings. The van der Waals surface area contributed by atoms with E-state index < -0.39 is 5.97 Å². The lowest BCUT2D eigenvalue weighted by Crippen LogP contribution is -2.39. The third-order valence-electron chi connectivity index (χ3n) is 4.63. The van der Waals surface area contributed by atoms with E-state index in [0.29, 0.717) is 24.1 Å². The number of aromatic hydroxyl groups is 2. The van der Waals surface area contributed by atoms with Gasteiger partial charge in [-0.1, -0.05) is 18.2 Å². The molecule has 1 aliphatic rings. The molecule has 3 N–H and O–H groups in total. The maximum atomic E-state index is 13.0. The van der Waals surface area contributed by atoms with Crippen LogP contribution in [-0.4, -0.2) is 38.6 Å². The summed E-state index contributed by atoms with van der Waals surface area (Å²) in [4.78, 5) is 25.7. The number of carboxylic acid groups (broad SMARTS) is 1. The van der Waals surface area contributed by atoms with Crippen LogP contribution in [0.5, 0.6) is 11.5 Å². The van der Waals surface area contributed by atoms with Gasteiger partial charge in [0.1, 0.15) is 0 Å². The lowest BCUT2D eigenvalue weighted by molar-refractivity contribution is -0.136. The predicted molar refractivity (Wildman–Crippen MR) is 90.7 cm³/mol. The van der Waals surface area contributed by atoms with Crippen LogP contribution in [0.3, 0.4) is 0 Å². The Kier molecular flexibility index (Phi) is 4.35. The van der Waals surface area contributed by atoms with Gasteiger partial charge in [-0.2, -0.15) is 0 Å². The highest BCUT2D eigenvalue weighted by molar-refractivity contribution is 5.97. The van der Waals surface area contributed by atoms with Crippen LogP contribution in [0.25, 0.3) is 0 Å². The highest BCUT2D eigenvalue weighted by atomic mass is 16.4. The molecule has 1 aliphatic heterocycles. The molecule has 1 atom stereocenters. The molecule has 0 saturated carbocycles. The predicted octanol–water partition coefficient (Wildman–Crippen LogP) is 2.48. The maximum Gasteiger partial charge on any atom is 0.307 e. The number of fused-ring (bicyclic) bond motifs is 1. The molecule has 3 rings (SSSR count). The van der Waals surface area contributed by atoms with Crippen molar-refractivity contribution in [1.29, 1.82) is 0 Å². The summed E-state index contributed by atoms with van der Waals surface area (Å²) in [5.74, 6) is -1.61. The molecule has 130 valence electrons. The summed E-state index contributed by atoms with van der Waals surface area (Å²) in [5.41, 5.74) is 2.53. The summed E-state index contributed by atoms with van der Waals surface area (Å²) >= 11 is 0. The Morgan fingerprint density at radius 3 is 2.56 bits per heavy atom. The zero-order chi connectivity index (χ0) is 18.1. The number of phenols is 2. The molecule has 0 aliphatic carbocycles. The van der Waals surface area contributed by atoms with Gasteiger partial charge in [-0.15, -0.1) is 0 Å². The van der Waals surface area contributed by atoms with Crippen LogP contribution >= 0.6 is 0 Å². The fraction of sp³-hybridized carbons (Fsp3) is 0.263. The van der Waals surface area contributed by atoms with Crippen LogP contribution in [0.2, 0.25) is 0 Å². The van der Waals surface area contributed by atoms with Gasteiger partial charge in [0.25, 0.3) is 5.91 Å². The molecule has 0 spiro atoms. The van der Waals surface area contributed by atoms with Crippen LogP contribution in [0.4, 0.5) is 0 Å². The normalized spacial score (nSPS) is 16.4. The molecule has 0 aromatic heterocycles. The first kappa shape index (κ1) is 16.8. The lowest BCUT2D eigenvalue weighted by atomic mass is 9.91. The fourth-order valence-corrected chi connectivity index (χ4v) is 3.32. The third kappa shape index (κ3) is 3.15. The van der Waals surface area contributed by atoms with Crippen molar-refractivity contribution in [2.75, 3.05) is 6.54 Å². The van der Waals surface area contributed by atoms with Gasteiger partial charge in [0, 0.05) is 12.1 Å². The minimum atomic E-state index is -0.988. The number of benzene rings is 2. The molecular formula is C19H19NO5. The Bertz CT molecular complexity index is 846. The van der Waals surface area contributed by atoms with E-state index in [1.165, 1.54) is 12.1 Å². The van der Waals surface area contributed by atoms with Crippen molar-refractivity contribution in [3.63, 3.8) is 0 Å². The van der Waals surface area contributed by atoms with Crippen LogP contribution in [0, 0.1) is 0 Å². The summed E-state index contributed by atoms with van der Waals surface area (Å²) in [7, 11) is 0. The van der Waals surface area contributed by atoms with E-state index in [9.17, 15) is 19.8 Å². The summed E-state index contributed by atoms with van der Waals surface area (Å²) in [6, 6.07) is 9.43. The third-order valence-corrected chi connectivity index (χ3v) is 4.63. The van der Waals surface area contributed by atoms with E-state index in [1.54, 1.807) is 29.2 Å². The number of hydrogen-bond acceptors (Lipinski definition) is 4. The van der Waals surface area contributed by atoms with Gasteiger partial charge in [0.15, 0.2) is 11.5 Å². The highest BCUT2D eigenvalue weighted by Gasteiger charge is 2.30. The number of carboxylic acids is 1. The average Bonchev–Trinajstić information content (AvgIpc) is 2.56. The zero-order valence-electron chi connectivity index (χ0n) is 13.8. The molecule has 2 aromatic rings. The van der Waals surface area contributed by atoms with Crippen molar-refractivity contribution in [3.8, 4) is 11.5 Å². The molecular weight excluding hydrogens is 322 g/mol. The van der Waals surface area contributed by atoms with Crippen LogP contribution in [-0.2, 0) is 17.6 Å². The van der Waals surface area contributed by atoms with Crippen molar-refractivity contribution in [2.45, 2.75) is 25.8 Å². The standard InChI is InChI=1S/C19H19NO5/c1-11-15-10-17(22)16(21)8-13(15)6-7-20(11)19(25)14-5-3-2-4-12(14)9-18(23)24/h2-5,8,10-11,21-22H,6-7,9H2,1H3,(H,23,24). The number of nitrogens with zero attached hydrogens (tertiary/aromatic N) is 1. The van der Waals surface area contributed by atoms with E-state index in [-0.39, 0.29) is 29.9 Å². The number of phenolic OH excluding ortho intramolecular Hbond substituents is 2. The number of amides is 1. The Morgan fingerprint density at radius 2 is 1.84 bits per heavy atom. The second-order valence-electron chi connectivity index (χ2n) is 6.19. The van der Waals surface area contributed by atoms with Crippen molar-refractivity contribution >= 4 is 11.9 Å². The molecule has 25 heavy (non-hydrogen) atoms. The first-order chi connectivity index (χ1) is 11.9. The zero-order valence-corrected chi connectivity index (χ0v) is 13.8. The van der Waals surface area contributed by atoms with Crippen molar-refractivity contribution < 1.29 is 24.9 Å². The molecule has 1 unspecified atom stereocenters. The Hall–Kier alpha value is -3.02. The number of carbonyl (C=O) groups excluding carboxylic acids is 1. The lowest BCUT2D eigenvalue weighted by Gasteiger charge is -2.36. The van der Waals surface area contributed by atoms with E-state index in [4.69, 9.17) is 5.11 Å². The van der Waals surface area contributed by atoms with Crippen molar-refractivity contribution in [3.05, 3.63) is 58.7 Å². The van der Waals surface area contributed by atoms with E-state index in [2.05, 4.69) is 0 Å². The van der Waals surface area contributed by atoms with Gasteiger partial charge in [0.05, 0.1) is 12.5 Å². The minimum absolute atomic E-state index is 0.169. The highest BCUT2D eigenvalue weighted by Crippen LogP contribution is 2.37. The van der Waals surface area contributed by atoms with Crippen molar-refractivity contribution in [2.24, 2.45) is 0 Å². The summed E-state index contributed by atoms with van der Waals surface area (Å²) < 4.78 is 0. The quantitative estimate of drug-likeness (QED) is 0.745. The van der Waals surface area contributed by atoms with Gasteiger partial charge >= 0.3 is 5.97 Å². The second-order valence-corrected chi connectivity index (χ2v) is 6.19. The Balaban J connectivity index is 1.94. The molecule has 0 radical (unpaired) electrons. The average molecular weight is 341 g/mol. The van der Waals surface area contributed by atoms with Crippen LogP contribution < -0.4 is 0 Å². The van der Waals surface area contributed by atoms with E-state index in [0.717, 1.165) is 11.1 Å². The molecule has 0 saturated heterocycles. The van der Waals surface area contributed by atoms with Crippen molar-refractivity contribution in [1.82, 2.24) is 4.90 Å². The summed E-state index contributed by atoms with van der Waals surface area (Å²) in [6.45, 7) is 2.31. The topological polar surface area (TPSA) is 98.1 Å². The molecule has 2 aromatic carbocycles. The monoisotopic (exact) mass is 341 g/mol. The van der Waals surface area contributed by atoms with Gasteiger partial charge < -0.3 is 20.2 Å². The van der Waals surface area contributed by atoms with E-state index in [1.807, 2.05) is 6.92 Å². The molecule has 1 amide bonds. The van der Waals surface area contributed by atoms with Crippen LogP contribution in [0.15, 0.2) is 36.4 Å². The van der Waals surface area contributed by atoms with Gasteiger partial charge in [-0.05, 0) is 48.2 Å².